The number of non-ortho nitro benzene ring substituents is 1. The van der Waals surface area contributed by atoms with Gasteiger partial charge >= 0.3 is 17.6 Å². The number of hydrogen-bond acceptors (Lipinski definition) is 9. The fourth-order valence-corrected chi connectivity index (χ4v) is 3.17. The third kappa shape index (κ3) is 11.4. The van der Waals surface area contributed by atoms with E-state index in [1.807, 2.05) is 0 Å². The molecule has 0 aliphatic carbocycles. The molecule has 0 saturated heterocycles. The Kier molecular flexibility index (Phi) is 14.1. The Morgan fingerprint density at radius 1 is 0.738 bits per heavy atom. The van der Waals surface area contributed by atoms with E-state index in [1.165, 1.54) is 32.9 Å². The summed E-state index contributed by atoms with van der Waals surface area (Å²) in [7, 11) is 0. The summed E-state index contributed by atoms with van der Waals surface area (Å²) in [6, 6.07) is 11.0. The van der Waals surface area contributed by atoms with Crippen LogP contribution in [0.3, 0.4) is 0 Å². The van der Waals surface area contributed by atoms with Gasteiger partial charge in [-0.25, -0.2) is 9.59 Å². The van der Waals surface area contributed by atoms with Crippen LogP contribution in [0.25, 0.3) is 0 Å². The maximum atomic E-state index is 10.5. The van der Waals surface area contributed by atoms with E-state index in [4.69, 9.17) is 66.1 Å². The summed E-state index contributed by atoms with van der Waals surface area (Å²) in [5.74, 6) is -1.84. The van der Waals surface area contributed by atoms with Crippen molar-refractivity contribution in [3.8, 4) is 17.2 Å². The van der Waals surface area contributed by atoms with Crippen molar-refractivity contribution < 1.29 is 44.2 Å². The molecular formula is C25H22Cl4N2O11. The van der Waals surface area contributed by atoms with Gasteiger partial charge in [0, 0.05) is 23.8 Å². The summed E-state index contributed by atoms with van der Waals surface area (Å²) in [4.78, 5) is 40.0. The molecule has 13 nitrogen and oxygen atoms in total. The molecule has 3 aromatic carbocycles. The number of nitro benzene ring substituents is 2. The van der Waals surface area contributed by atoms with Crippen molar-refractivity contribution in [3.05, 3.63) is 94.4 Å². The fourth-order valence-electron chi connectivity index (χ4n) is 2.60. The summed E-state index contributed by atoms with van der Waals surface area (Å²) < 4.78 is 10.1. The van der Waals surface area contributed by atoms with Gasteiger partial charge in [0.25, 0.3) is 5.69 Å². The molecule has 42 heavy (non-hydrogen) atoms. The molecule has 0 spiro atoms. The lowest BCUT2D eigenvalue weighted by Gasteiger charge is -2.10. The Morgan fingerprint density at radius 3 is 1.45 bits per heavy atom. The molecule has 0 aromatic heterocycles. The van der Waals surface area contributed by atoms with Crippen molar-refractivity contribution in [1.82, 2.24) is 0 Å². The van der Waals surface area contributed by atoms with Gasteiger partial charge in [-0.15, -0.1) is 0 Å². The van der Waals surface area contributed by atoms with Crippen molar-refractivity contribution in [2.24, 2.45) is 0 Å². The molecule has 0 saturated carbocycles. The fraction of sp³-hybridized carbons (Fsp3) is 0.200. The molecule has 0 amide bonds. The van der Waals surface area contributed by atoms with Gasteiger partial charge in [0.2, 0.25) is 0 Å². The van der Waals surface area contributed by atoms with Crippen molar-refractivity contribution in [2.45, 2.75) is 33.0 Å². The number of carbonyl (C=O) groups is 2. The van der Waals surface area contributed by atoms with Crippen LogP contribution in [0.1, 0.15) is 19.4 Å². The molecule has 2 atom stereocenters. The van der Waals surface area contributed by atoms with Gasteiger partial charge in [-0.05, 0) is 45.0 Å². The maximum absolute atomic E-state index is 10.5. The number of halogens is 4. The van der Waals surface area contributed by atoms with Gasteiger partial charge in [0.1, 0.15) is 11.5 Å². The number of carboxylic acids is 2. The lowest BCUT2D eigenvalue weighted by molar-refractivity contribution is -0.394. The Bertz CT molecular complexity index is 1400. The first-order chi connectivity index (χ1) is 19.4. The first-order valence-corrected chi connectivity index (χ1v) is 12.8. The van der Waals surface area contributed by atoms with Gasteiger partial charge in [-0.2, -0.15) is 0 Å². The predicted octanol–water partition coefficient (Wildman–Crippen LogP) is 7.21. The first-order valence-electron chi connectivity index (χ1n) is 11.3. The molecule has 3 aromatic rings. The Morgan fingerprint density at radius 2 is 1.14 bits per heavy atom. The molecule has 0 heterocycles. The van der Waals surface area contributed by atoms with Gasteiger partial charge in [-0.3, -0.25) is 20.2 Å². The van der Waals surface area contributed by atoms with E-state index in [2.05, 4.69) is 0 Å². The van der Waals surface area contributed by atoms with E-state index in [-0.39, 0.29) is 5.56 Å². The number of phenols is 1. The number of phenolic OH excluding ortho intramolecular Hbond substituents is 1. The van der Waals surface area contributed by atoms with E-state index < -0.39 is 51.1 Å². The summed E-state index contributed by atoms with van der Waals surface area (Å²) in [5, 5.41) is 48.6. The van der Waals surface area contributed by atoms with E-state index in [0.717, 1.165) is 12.1 Å². The smallest absolute Gasteiger partial charge is 0.344 e. The van der Waals surface area contributed by atoms with Crippen LogP contribution < -0.4 is 9.47 Å². The molecule has 3 rings (SSSR count). The number of nitrogens with zero attached hydrogens (tertiary/aromatic N) is 2. The van der Waals surface area contributed by atoms with Crippen molar-refractivity contribution in [3.63, 3.8) is 0 Å². The molecule has 226 valence electrons. The van der Waals surface area contributed by atoms with Crippen LogP contribution in [-0.2, 0) is 9.59 Å². The molecule has 0 aliphatic rings. The summed E-state index contributed by atoms with van der Waals surface area (Å²) in [5.41, 5.74) is -0.963. The topological polar surface area (TPSA) is 200 Å². The molecule has 3 N–H and O–H groups in total. The van der Waals surface area contributed by atoms with Gasteiger partial charge in [-0.1, -0.05) is 46.4 Å². The van der Waals surface area contributed by atoms with E-state index in [1.54, 1.807) is 24.3 Å². The highest BCUT2D eigenvalue weighted by Crippen LogP contribution is 2.33. The number of aliphatic carboxylic acids is 2. The highest BCUT2D eigenvalue weighted by Gasteiger charge is 2.21. The lowest BCUT2D eigenvalue weighted by Crippen LogP contribution is -2.22. The zero-order valence-electron chi connectivity index (χ0n) is 21.8. The van der Waals surface area contributed by atoms with Crippen molar-refractivity contribution in [2.75, 3.05) is 0 Å². The zero-order valence-corrected chi connectivity index (χ0v) is 24.8. The Balaban J connectivity index is 0.000000315. The Hall–Kier alpha value is -4.04. The second-order valence-electron chi connectivity index (χ2n) is 7.99. The van der Waals surface area contributed by atoms with Crippen molar-refractivity contribution in [1.29, 1.82) is 0 Å². The second kappa shape index (κ2) is 16.4. The SMILES string of the molecule is CC(Oc1ccc(Cl)c(Cl)c1)C(=O)O.CC(Oc1ccc(Cl)c(Cl)c1)C(=O)O.Cc1cc([N+](=O)[O-])cc([N+](=O)[O-])c1O. The van der Waals surface area contributed by atoms with E-state index in [0.29, 0.717) is 31.6 Å². The number of aryl methyl sites for hydroxylation is 1. The Labute approximate surface area is 258 Å². The molecule has 2 unspecified atom stereocenters. The minimum Gasteiger partial charge on any atom is -0.502 e. The van der Waals surface area contributed by atoms with E-state index >= 15 is 0 Å². The largest absolute Gasteiger partial charge is 0.502 e. The second-order valence-corrected chi connectivity index (χ2v) is 9.62. The first kappa shape index (κ1) is 36.0. The van der Waals surface area contributed by atoms with Crippen LogP contribution in [0.2, 0.25) is 20.1 Å². The number of nitro groups is 2. The highest BCUT2D eigenvalue weighted by molar-refractivity contribution is 6.42. The van der Waals surface area contributed by atoms with Crippen LogP contribution in [0.4, 0.5) is 11.4 Å². The van der Waals surface area contributed by atoms with Crippen LogP contribution in [0.5, 0.6) is 17.2 Å². The number of carboxylic acid groups (broad SMARTS) is 2. The normalized spacial score (nSPS) is 11.4. The molecule has 17 heteroatoms. The third-order valence-corrected chi connectivity index (χ3v) is 6.25. The molecule has 0 aliphatic heterocycles. The zero-order chi connectivity index (χ0) is 32.3. The average molecular weight is 668 g/mol. The summed E-state index contributed by atoms with van der Waals surface area (Å²) in [6.45, 7) is 4.23. The van der Waals surface area contributed by atoms with Crippen LogP contribution in [0.15, 0.2) is 48.5 Å². The average Bonchev–Trinajstić information content (AvgIpc) is 2.90. The van der Waals surface area contributed by atoms with E-state index in [9.17, 15) is 34.9 Å². The quantitative estimate of drug-likeness (QED) is 0.162. The number of aromatic hydroxyl groups is 1. The third-order valence-electron chi connectivity index (χ3n) is 4.78. The monoisotopic (exact) mass is 666 g/mol. The maximum Gasteiger partial charge on any atom is 0.344 e. The molecule has 0 fully saturated rings. The minimum absolute atomic E-state index is 0.103. The van der Waals surface area contributed by atoms with Crippen molar-refractivity contribution >= 4 is 69.7 Å². The number of ether oxygens (including phenoxy) is 2. The van der Waals surface area contributed by atoms with Gasteiger partial charge < -0.3 is 24.8 Å². The molecule has 0 bridgehead atoms. The number of benzene rings is 3. The minimum atomic E-state index is -1.03. The van der Waals surface area contributed by atoms with Crippen LogP contribution in [-0.4, -0.2) is 49.3 Å². The molecular weight excluding hydrogens is 646 g/mol. The lowest BCUT2D eigenvalue weighted by atomic mass is 10.1. The predicted molar refractivity (Wildman–Crippen MR) is 155 cm³/mol. The molecule has 0 radical (unpaired) electrons. The standard InChI is InChI=1S/2C9H8Cl2O3.C7H6N2O5/c2*1-5(9(12)13)14-6-2-3-7(10)8(11)4-6;1-4-2-5(8(11)12)3-6(7(4)10)9(13)14/h2*2-5H,1H3,(H,12,13);2-3,10H,1H3. The number of hydrogen-bond donors (Lipinski definition) is 3. The summed E-state index contributed by atoms with van der Waals surface area (Å²) in [6.07, 6.45) is -1.82. The van der Waals surface area contributed by atoms with Crippen LogP contribution >= 0.6 is 46.4 Å². The highest BCUT2D eigenvalue weighted by atomic mass is 35.5. The van der Waals surface area contributed by atoms with Crippen LogP contribution in [0, 0.1) is 27.2 Å². The summed E-state index contributed by atoms with van der Waals surface area (Å²) >= 11 is 22.8. The number of rotatable bonds is 8. The van der Waals surface area contributed by atoms with Gasteiger partial charge in [0.15, 0.2) is 18.0 Å². The van der Waals surface area contributed by atoms with Gasteiger partial charge in [0.05, 0.1) is 36.0 Å².